The largest absolute Gasteiger partial charge is 0.354 e. The summed E-state index contributed by atoms with van der Waals surface area (Å²) >= 11 is 16.6. The van der Waals surface area contributed by atoms with Crippen molar-refractivity contribution in [1.29, 1.82) is 5.26 Å². The number of likely N-dealkylation sites (N-methyl/N-ethyl adjacent to an activating group) is 1. The van der Waals surface area contributed by atoms with E-state index in [1.165, 1.54) is 23.7 Å². The van der Waals surface area contributed by atoms with Crippen LogP contribution in [0.1, 0.15) is 5.56 Å². The standard InChI is InChI=1S/C20H14BrCl2N3O2S/c1-25-18(27)14(10-24)20-26(13-5-3-12(21)4-6-13)19(28)17(29-20)9-11-2-7-15(22)16(23)8-11/h2-8,17H,9H2,1H3,(H,25,27). The molecule has 0 saturated carbocycles. The fourth-order valence-corrected chi connectivity index (χ4v) is 4.71. The molecule has 148 valence electrons. The number of amides is 2. The molecule has 1 heterocycles. The van der Waals surface area contributed by atoms with E-state index < -0.39 is 11.2 Å². The smallest absolute Gasteiger partial charge is 0.264 e. The second-order valence-corrected chi connectivity index (χ2v) is 9.00. The van der Waals surface area contributed by atoms with Gasteiger partial charge in [-0.1, -0.05) is 57.0 Å². The Morgan fingerprint density at radius 3 is 2.52 bits per heavy atom. The maximum atomic E-state index is 13.2. The zero-order chi connectivity index (χ0) is 21.1. The van der Waals surface area contributed by atoms with Gasteiger partial charge in [0.15, 0.2) is 0 Å². The van der Waals surface area contributed by atoms with Gasteiger partial charge in [-0.15, -0.1) is 0 Å². The first-order valence-corrected chi connectivity index (χ1v) is 10.8. The number of halogens is 3. The van der Waals surface area contributed by atoms with Crippen molar-refractivity contribution in [2.45, 2.75) is 11.7 Å². The number of nitrogens with one attached hydrogen (secondary N) is 1. The number of thioether (sulfide) groups is 1. The summed E-state index contributed by atoms with van der Waals surface area (Å²) in [6.07, 6.45) is 0.378. The highest BCUT2D eigenvalue weighted by Crippen LogP contribution is 2.42. The lowest BCUT2D eigenvalue weighted by atomic mass is 10.1. The first kappa shape index (κ1) is 21.7. The highest BCUT2D eigenvalue weighted by atomic mass is 79.9. The second-order valence-electron chi connectivity index (χ2n) is 6.08. The zero-order valence-corrected chi connectivity index (χ0v) is 19.0. The average molecular weight is 511 g/mol. The van der Waals surface area contributed by atoms with Crippen molar-refractivity contribution in [3.05, 3.63) is 73.1 Å². The fraction of sp³-hybridized carbons (Fsp3) is 0.150. The predicted octanol–water partition coefficient (Wildman–Crippen LogP) is 4.93. The number of nitriles is 1. The molecule has 1 aliphatic rings. The first-order chi connectivity index (χ1) is 13.8. The summed E-state index contributed by atoms with van der Waals surface area (Å²) < 4.78 is 0.852. The number of benzene rings is 2. The van der Waals surface area contributed by atoms with Crippen LogP contribution in [0, 0.1) is 11.3 Å². The predicted molar refractivity (Wildman–Crippen MR) is 120 cm³/mol. The van der Waals surface area contributed by atoms with Gasteiger partial charge in [0.25, 0.3) is 5.91 Å². The third-order valence-corrected chi connectivity index (χ3v) is 6.75. The Bertz CT molecular complexity index is 1050. The molecule has 0 aliphatic carbocycles. The van der Waals surface area contributed by atoms with Gasteiger partial charge < -0.3 is 5.32 Å². The quantitative estimate of drug-likeness (QED) is 0.467. The number of nitrogens with zero attached hydrogens (tertiary/aromatic N) is 2. The molecule has 0 bridgehead atoms. The van der Waals surface area contributed by atoms with E-state index in [0.29, 0.717) is 27.2 Å². The van der Waals surface area contributed by atoms with E-state index in [9.17, 15) is 14.9 Å². The van der Waals surface area contributed by atoms with Crippen LogP contribution < -0.4 is 10.2 Å². The van der Waals surface area contributed by atoms with Gasteiger partial charge in [-0.05, 0) is 48.4 Å². The number of carbonyl (C=O) groups is 2. The van der Waals surface area contributed by atoms with Crippen molar-refractivity contribution in [1.82, 2.24) is 5.32 Å². The van der Waals surface area contributed by atoms with Gasteiger partial charge in [-0.3, -0.25) is 14.5 Å². The van der Waals surface area contributed by atoms with E-state index in [4.69, 9.17) is 23.2 Å². The molecule has 1 N–H and O–H groups in total. The number of carbonyl (C=O) groups excluding carboxylic acids is 2. The molecule has 2 aromatic carbocycles. The summed E-state index contributed by atoms with van der Waals surface area (Å²) in [5.74, 6) is -0.754. The third kappa shape index (κ3) is 4.62. The van der Waals surface area contributed by atoms with E-state index >= 15 is 0 Å². The third-order valence-electron chi connectivity index (χ3n) is 4.22. The highest BCUT2D eigenvalue weighted by molar-refractivity contribution is 9.10. The number of anilines is 1. The Balaban J connectivity index is 2.03. The van der Waals surface area contributed by atoms with Crippen molar-refractivity contribution in [3.63, 3.8) is 0 Å². The van der Waals surface area contributed by atoms with E-state index in [2.05, 4.69) is 21.2 Å². The Morgan fingerprint density at radius 2 is 1.93 bits per heavy atom. The number of hydrogen-bond acceptors (Lipinski definition) is 4. The van der Waals surface area contributed by atoms with Crippen LogP contribution in [0.2, 0.25) is 10.0 Å². The van der Waals surface area contributed by atoms with Crippen molar-refractivity contribution in [2.24, 2.45) is 0 Å². The molecule has 29 heavy (non-hydrogen) atoms. The lowest BCUT2D eigenvalue weighted by molar-refractivity contribution is -0.117. The van der Waals surface area contributed by atoms with E-state index in [0.717, 1.165) is 10.0 Å². The molecule has 5 nitrogen and oxygen atoms in total. The van der Waals surface area contributed by atoms with Gasteiger partial charge in [0.05, 0.1) is 15.3 Å². The maximum absolute atomic E-state index is 13.2. The van der Waals surface area contributed by atoms with E-state index in [1.807, 2.05) is 6.07 Å². The molecule has 1 saturated heterocycles. The lowest BCUT2D eigenvalue weighted by Gasteiger charge is -2.18. The lowest BCUT2D eigenvalue weighted by Crippen LogP contribution is -2.31. The first-order valence-electron chi connectivity index (χ1n) is 8.42. The van der Waals surface area contributed by atoms with Crippen molar-refractivity contribution in [3.8, 4) is 6.07 Å². The summed E-state index contributed by atoms with van der Waals surface area (Å²) in [4.78, 5) is 26.9. The van der Waals surface area contributed by atoms with Gasteiger partial charge in [0.1, 0.15) is 16.7 Å². The van der Waals surface area contributed by atoms with Crippen molar-refractivity contribution in [2.75, 3.05) is 11.9 Å². The normalized spacial score (nSPS) is 17.8. The molecule has 1 aliphatic heterocycles. The van der Waals surface area contributed by atoms with Gasteiger partial charge in [0.2, 0.25) is 5.91 Å². The summed E-state index contributed by atoms with van der Waals surface area (Å²) in [6, 6.07) is 14.2. The van der Waals surface area contributed by atoms with Crippen LogP contribution in [0.4, 0.5) is 5.69 Å². The molecule has 9 heteroatoms. The maximum Gasteiger partial charge on any atom is 0.264 e. The number of hydrogen-bond donors (Lipinski definition) is 1. The summed E-state index contributed by atoms with van der Waals surface area (Å²) in [7, 11) is 1.44. The molecule has 1 unspecified atom stereocenters. The van der Waals surface area contributed by atoms with Gasteiger partial charge >= 0.3 is 0 Å². The Kier molecular flexibility index (Phi) is 6.91. The molecule has 3 rings (SSSR count). The highest BCUT2D eigenvalue weighted by Gasteiger charge is 2.40. The number of rotatable bonds is 4. The van der Waals surface area contributed by atoms with Crippen LogP contribution in [0.15, 0.2) is 57.5 Å². The molecule has 1 atom stereocenters. The second kappa shape index (κ2) is 9.23. The van der Waals surface area contributed by atoms with Crippen LogP contribution in [0.5, 0.6) is 0 Å². The summed E-state index contributed by atoms with van der Waals surface area (Å²) in [5, 5.41) is 12.7. The summed E-state index contributed by atoms with van der Waals surface area (Å²) in [6.45, 7) is 0. The summed E-state index contributed by atoms with van der Waals surface area (Å²) in [5.41, 5.74) is 1.31. The zero-order valence-electron chi connectivity index (χ0n) is 15.1. The fourth-order valence-electron chi connectivity index (χ4n) is 2.82. The van der Waals surface area contributed by atoms with Crippen molar-refractivity contribution < 1.29 is 9.59 Å². The van der Waals surface area contributed by atoms with Crippen LogP contribution in [0.3, 0.4) is 0 Å². The molecular formula is C20H14BrCl2N3O2S. The van der Waals surface area contributed by atoms with Crippen LogP contribution in [-0.4, -0.2) is 24.1 Å². The molecule has 0 spiro atoms. The molecule has 0 aromatic heterocycles. The minimum absolute atomic E-state index is 0.106. The minimum atomic E-state index is -0.542. The SMILES string of the molecule is CNC(=O)C(C#N)=C1SC(Cc2ccc(Cl)c(Cl)c2)C(=O)N1c1ccc(Br)cc1. The van der Waals surface area contributed by atoms with Gasteiger partial charge in [0, 0.05) is 17.2 Å². The molecule has 2 amide bonds. The minimum Gasteiger partial charge on any atom is -0.354 e. The van der Waals surface area contributed by atoms with Crippen LogP contribution in [-0.2, 0) is 16.0 Å². The van der Waals surface area contributed by atoms with Crippen LogP contribution >= 0.6 is 50.9 Å². The molecule has 0 radical (unpaired) electrons. The average Bonchev–Trinajstić information content (AvgIpc) is 3.01. The Hall–Kier alpha value is -1.98. The molecular weight excluding hydrogens is 497 g/mol. The van der Waals surface area contributed by atoms with Gasteiger partial charge in [-0.2, -0.15) is 5.26 Å². The van der Waals surface area contributed by atoms with Crippen LogP contribution in [0.25, 0.3) is 0 Å². The Morgan fingerprint density at radius 1 is 1.24 bits per heavy atom. The Labute approximate surface area is 190 Å². The molecule has 2 aromatic rings. The van der Waals surface area contributed by atoms with Gasteiger partial charge in [-0.25, -0.2) is 0 Å². The van der Waals surface area contributed by atoms with E-state index in [-0.39, 0.29) is 11.5 Å². The molecule has 1 fully saturated rings. The van der Waals surface area contributed by atoms with E-state index in [1.54, 1.807) is 42.5 Å². The van der Waals surface area contributed by atoms with Crippen molar-refractivity contribution >= 4 is 68.4 Å². The topological polar surface area (TPSA) is 73.2 Å². The monoisotopic (exact) mass is 509 g/mol.